The van der Waals surface area contributed by atoms with Gasteiger partial charge in [0.25, 0.3) is 5.91 Å². The van der Waals surface area contributed by atoms with Crippen LogP contribution in [-0.4, -0.2) is 48.5 Å². The molecule has 0 unspecified atom stereocenters. The molecule has 0 bridgehead atoms. The minimum Gasteiger partial charge on any atom is -0.484 e. The topological polar surface area (TPSA) is 32.8 Å². The molecule has 138 valence electrons. The van der Waals surface area contributed by atoms with Crippen molar-refractivity contribution in [3.8, 4) is 5.75 Å². The average molecular weight is 397 g/mol. The summed E-state index contributed by atoms with van der Waals surface area (Å²) in [4.78, 5) is 16.4. The van der Waals surface area contributed by atoms with E-state index in [9.17, 15) is 9.18 Å². The Bertz CT molecular complexity index is 763. The lowest BCUT2D eigenvalue weighted by molar-refractivity contribution is -0.135. The highest BCUT2D eigenvalue weighted by atomic mass is 35.5. The van der Waals surface area contributed by atoms with E-state index < -0.39 is 5.82 Å². The molecule has 0 aliphatic carbocycles. The second-order valence-corrected chi connectivity index (χ2v) is 6.99. The number of nitrogens with zero attached hydrogens (tertiary/aromatic N) is 2. The van der Waals surface area contributed by atoms with E-state index in [1.807, 2.05) is 24.3 Å². The molecule has 2 aromatic carbocycles. The summed E-state index contributed by atoms with van der Waals surface area (Å²) in [6.45, 7) is 3.66. The lowest BCUT2D eigenvalue weighted by Gasteiger charge is -2.34. The van der Waals surface area contributed by atoms with Gasteiger partial charge in [0.1, 0.15) is 11.6 Å². The zero-order valence-electron chi connectivity index (χ0n) is 14.1. The predicted molar refractivity (Wildman–Crippen MR) is 100 cm³/mol. The van der Waals surface area contributed by atoms with Gasteiger partial charge < -0.3 is 9.64 Å². The quantitative estimate of drug-likeness (QED) is 0.769. The van der Waals surface area contributed by atoms with Gasteiger partial charge in [0.15, 0.2) is 6.61 Å². The number of carbonyl (C=O) groups excluding carboxylic acids is 1. The van der Waals surface area contributed by atoms with Crippen LogP contribution in [0.2, 0.25) is 10.0 Å². The first-order valence-electron chi connectivity index (χ1n) is 8.34. The summed E-state index contributed by atoms with van der Waals surface area (Å²) >= 11 is 11.6. The Balaban J connectivity index is 1.44. The second-order valence-electron chi connectivity index (χ2n) is 6.15. The van der Waals surface area contributed by atoms with Crippen LogP contribution in [0.15, 0.2) is 42.5 Å². The molecule has 1 aliphatic rings. The van der Waals surface area contributed by atoms with Gasteiger partial charge in [-0.2, -0.15) is 0 Å². The molecule has 0 N–H and O–H groups in total. The average Bonchev–Trinajstić information content (AvgIpc) is 2.65. The molecule has 1 fully saturated rings. The summed E-state index contributed by atoms with van der Waals surface area (Å²) < 4.78 is 18.5. The number of benzene rings is 2. The molecule has 0 spiro atoms. The number of carbonyl (C=O) groups is 1. The molecule has 0 aromatic heterocycles. The minimum atomic E-state index is -0.512. The van der Waals surface area contributed by atoms with Crippen molar-refractivity contribution in [2.75, 3.05) is 32.8 Å². The fourth-order valence-electron chi connectivity index (χ4n) is 2.81. The van der Waals surface area contributed by atoms with E-state index in [0.29, 0.717) is 18.8 Å². The number of ether oxygens (including phenoxy) is 1. The Morgan fingerprint density at radius 1 is 1.04 bits per heavy atom. The van der Waals surface area contributed by atoms with E-state index >= 15 is 0 Å². The number of rotatable bonds is 5. The maximum Gasteiger partial charge on any atom is 0.260 e. The SMILES string of the molecule is O=C(COc1ccc(F)c(Cl)c1)N1CCN(Cc2ccc(Cl)cc2)CC1. The molecule has 26 heavy (non-hydrogen) atoms. The summed E-state index contributed by atoms with van der Waals surface area (Å²) in [6.07, 6.45) is 0. The van der Waals surface area contributed by atoms with E-state index in [1.165, 1.54) is 23.8 Å². The van der Waals surface area contributed by atoms with Crippen LogP contribution in [0.4, 0.5) is 4.39 Å². The molecule has 2 aromatic rings. The van der Waals surface area contributed by atoms with Crippen molar-refractivity contribution in [1.82, 2.24) is 9.80 Å². The van der Waals surface area contributed by atoms with Crippen LogP contribution in [0.25, 0.3) is 0 Å². The Hall–Kier alpha value is -1.82. The molecular weight excluding hydrogens is 378 g/mol. The highest BCUT2D eigenvalue weighted by Crippen LogP contribution is 2.21. The van der Waals surface area contributed by atoms with Crippen LogP contribution in [0.3, 0.4) is 0 Å². The Morgan fingerprint density at radius 3 is 2.38 bits per heavy atom. The van der Waals surface area contributed by atoms with Crippen molar-refractivity contribution in [3.63, 3.8) is 0 Å². The first kappa shape index (κ1) is 19.0. The molecule has 1 saturated heterocycles. The standard InChI is InChI=1S/C19H19Cl2FN2O2/c20-15-3-1-14(2-4-15)12-23-7-9-24(10-8-23)19(25)13-26-16-5-6-18(22)17(21)11-16/h1-6,11H,7-10,12-13H2. The van der Waals surface area contributed by atoms with E-state index in [-0.39, 0.29) is 17.5 Å². The van der Waals surface area contributed by atoms with Crippen LogP contribution >= 0.6 is 23.2 Å². The number of hydrogen-bond donors (Lipinski definition) is 0. The van der Waals surface area contributed by atoms with Gasteiger partial charge in [0.05, 0.1) is 5.02 Å². The van der Waals surface area contributed by atoms with Crippen LogP contribution in [0.1, 0.15) is 5.56 Å². The molecule has 0 atom stereocenters. The number of piperazine rings is 1. The van der Waals surface area contributed by atoms with E-state index in [1.54, 1.807) is 4.90 Å². The van der Waals surface area contributed by atoms with Crippen molar-refractivity contribution < 1.29 is 13.9 Å². The third-order valence-corrected chi connectivity index (χ3v) is 4.84. The molecule has 1 heterocycles. The Morgan fingerprint density at radius 2 is 1.73 bits per heavy atom. The van der Waals surface area contributed by atoms with Crippen molar-refractivity contribution in [2.45, 2.75) is 6.54 Å². The first-order chi connectivity index (χ1) is 12.5. The fraction of sp³-hybridized carbons (Fsp3) is 0.316. The monoisotopic (exact) mass is 396 g/mol. The van der Waals surface area contributed by atoms with Crippen molar-refractivity contribution >= 4 is 29.1 Å². The lowest BCUT2D eigenvalue weighted by Crippen LogP contribution is -2.49. The summed E-state index contributed by atoms with van der Waals surface area (Å²) in [7, 11) is 0. The largest absolute Gasteiger partial charge is 0.484 e. The van der Waals surface area contributed by atoms with Gasteiger partial charge in [-0.1, -0.05) is 35.3 Å². The van der Waals surface area contributed by atoms with Gasteiger partial charge in [-0.05, 0) is 29.8 Å². The molecule has 1 aliphatic heterocycles. The maximum atomic E-state index is 13.1. The Kier molecular flexibility index (Phi) is 6.35. The molecule has 4 nitrogen and oxygen atoms in total. The minimum absolute atomic E-state index is 0.0224. The number of hydrogen-bond acceptors (Lipinski definition) is 3. The molecule has 0 radical (unpaired) electrons. The van der Waals surface area contributed by atoms with Crippen molar-refractivity contribution in [3.05, 3.63) is 63.9 Å². The van der Waals surface area contributed by atoms with Crippen LogP contribution < -0.4 is 4.74 Å². The Labute approximate surface area is 162 Å². The number of halogens is 3. The van der Waals surface area contributed by atoms with Crippen LogP contribution in [-0.2, 0) is 11.3 Å². The number of amides is 1. The van der Waals surface area contributed by atoms with E-state index in [0.717, 1.165) is 24.7 Å². The summed E-state index contributed by atoms with van der Waals surface area (Å²) in [5.74, 6) is -0.218. The van der Waals surface area contributed by atoms with Gasteiger partial charge in [0, 0.05) is 43.8 Å². The van der Waals surface area contributed by atoms with E-state index in [4.69, 9.17) is 27.9 Å². The van der Waals surface area contributed by atoms with Gasteiger partial charge in [-0.3, -0.25) is 9.69 Å². The molecular formula is C19H19Cl2FN2O2. The maximum absolute atomic E-state index is 13.1. The predicted octanol–water partition coefficient (Wildman–Crippen LogP) is 3.86. The zero-order chi connectivity index (χ0) is 18.5. The van der Waals surface area contributed by atoms with Crippen LogP contribution in [0.5, 0.6) is 5.75 Å². The summed E-state index contributed by atoms with van der Waals surface area (Å²) in [6, 6.07) is 11.8. The van der Waals surface area contributed by atoms with E-state index in [2.05, 4.69) is 4.90 Å². The highest BCUT2D eigenvalue weighted by Gasteiger charge is 2.21. The smallest absolute Gasteiger partial charge is 0.260 e. The molecule has 0 saturated carbocycles. The zero-order valence-corrected chi connectivity index (χ0v) is 15.6. The van der Waals surface area contributed by atoms with Crippen LogP contribution in [0, 0.1) is 5.82 Å². The second kappa shape index (κ2) is 8.71. The molecule has 7 heteroatoms. The lowest BCUT2D eigenvalue weighted by atomic mass is 10.2. The van der Waals surface area contributed by atoms with Gasteiger partial charge in [0.2, 0.25) is 0 Å². The third kappa shape index (κ3) is 5.10. The van der Waals surface area contributed by atoms with Gasteiger partial charge >= 0.3 is 0 Å². The summed E-state index contributed by atoms with van der Waals surface area (Å²) in [5.41, 5.74) is 1.20. The third-order valence-electron chi connectivity index (χ3n) is 4.30. The normalized spacial score (nSPS) is 15.1. The van der Waals surface area contributed by atoms with Crippen molar-refractivity contribution in [1.29, 1.82) is 0 Å². The van der Waals surface area contributed by atoms with Crippen molar-refractivity contribution in [2.24, 2.45) is 0 Å². The molecule has 3 rings (SSSR count). The fourth-order valence-corrected chi connectivity index (χ4v) is 3.10. The van der Waals surface area contributed by atoms with Gasteiger partial charge in [-0.15, -0.1) is 0 Å². The molecule has 1 amide bonds. The van der Waals surface area contributed by atoms with Gasteiger partial charge in [-0.25, -0.2) is 4.39 Å². The summed E-state index contributed by atoms with van der Waals surface area (Å²) in [5, 5.41) is 0.706. The highest BCUT2D eigenvalue weighted by molar-refractivity contribution is 6.31. The first-order valence-corrected chi connectivity index (χ1v) is 9.09.